The van der Waals surface area contributed by atoms with Gasteiger partial charge < -0.3 is 49.6 Å². The van der Waals surface area contributed by atoms with Crippen molar-refractivity contribution >= 4 is 11.8 Å². The normalized spacial score (nSPS) is 23.6. The Labute approximate surface area is 224 Å². The molecule has 1 saturated heterocycles. The summed E-state index contributed by atoms with van der Waals surface area (Å²) in [6.45, 7) is 0. The van der Waals surface area contributed by atoms with Crippen molar-refractivity contribution in [2.75, 3.05) is 14.2 Å². The fourth-order valence-electron chi connectivity index (χ4n) is 4.20. The number of Topliss-reactive ketones (excluding diaryl/α,β-unsaturated/α-hetero) is 1. The number of hydrogen-bond donors (Lipinski definition) is 6. The summed E-state index contributed by atoms with van der Waals surface area (Å²) in [4.78, 5) is 23.7. The summed E-state index contributed by atoms with van der Waals surface area (Å²) >= 11 is 0. The van der Waals surface area contributed by atoms with E-state index in [4.69, 9.17) is 18.9 Å². The van der Waals surface area contributed by atoms with Gasteiger partial charge in [-0.25, -0.2) is 4.79 Å². The number of aliphatic carboxylic acids is 1. The van der Waals surface area contributed by atoms with E-state index in [1.165, 1.54) is 26.4 Å². The predicted octanol–water partition coefficient (Wildman–Crippen LogP) is 0.566. The highest BCUT2D eigenvalue weighted by Crippen LogP contribution is 2.32. The van der Waals surface area contributed by atoms with Crippen LogP contribution >= 0.6 is 0 Å². The van der Waals surface area contributed by atoms with Crippen molar-refractivity contribution in [3.05, 3.63) is 47.5 Å². The molecular weight excluding hydrogens is 516 g/mol. The second kappa shape index (κ2) is 13.6. The number of carbonyl (C=O) groups excluding carboxylic acids is 1. The Morgan fingerprint density at radius 1 is 0.897 bits per heavy atom. The highest BCUT2D eigenvalue weighted by atomic mass is 16.7. The lowest BCUT2D eigenvalue weighted by Crippen LogP contribution is -2.61. The topological polar surface area (TPSA) is 192 Å². The zero-order chi connectivity index (χ0) is 28.7. The molecule has 2 aromatic carbocycles. The number of phenols is 1. The molecule has 3 rings (SSSR count). The molecule has 0 bridgehead atoms. The molecule has 6 atom stereocenters. The Hall–Kier alpha value is -3.42. The third-order valence-corrected chi connectivity index (χ3v) is 6.45. The Balaban J connectivity index is 1.52. The highest BCUT2D eigenvalue weighted by Gasteiger charge is 2.48. The van der Waals surface area contributed by atoms with Crippen molar-refractivity contribution in [3.63, 3.8) is 0 Å². The molecule has 2 aromatic rings. The fraction of sp³-hybridized carbons (Fsp3) is 0.481. The third kappa shape index (κ3) is 7.80. The lowest BCUT2D eigenvalue weighted by atomic mass is 9.99. The average Bonchev–Trinajstić information content (AvgIpc) is 2.91. The zero-order valence-electron chi connectivity index (χ0n) is 21.6. The number of carbonyl (C=O) groups is 2. The summed E-state index contributed by atoms with van der Waals surface area (Å²) in [7, 11) is 2.82. The minimum Gasteiger partial charge on any atom is -0.504 e. The van der Waals surface area contributed by atoms with Crippen molar-refractivity contribution in [2.45, 2.75) is 68.9 Å². The van der Waals surface area contributed by atoms with Gasteiger partial charge in [0.2, 0.25) is 6.29 Å². The van der Waals surface area contributed by atoms with Crippen LogP contribution in [-0.4, -0.2) is 93.4 Å². The van der Waals surface area contributed by atoms with Crippen LogP contribution in [-0.2, 0) is 27.2 Å². The maximum absolute atomic E-state index is 12.4. The summed E-state index contributed by atoms with van der Waals surface area (Å²) in [5.74, 6) is -0.985. The predicted molar refractivity (Wildman–Crippen MR) is 135 cm³/mol. The molecule has 0 radical (unpaired) electrons. The lowest BCUT2D eigenvalue weighted by Gasteiger charge is -2.38. The summed E-state index contributed by atoms with van der Waals surface area (Å²) in [6.07, 6.45) is -8.20. The molecule has 1 heterocycles. The van der Waals surface area contributed by atoms with E-state index in [1.54, 1.807) is 24.3 Å². The zero-order valence-corrected chi connectivity index (χ0v) is 21.6. The van der Waals surface area contributed by atoms with Gasteiger partial charge in [-0.1, -0.05) is 12.1 Å². The van der Waals surface area contributed by atoms with Gasteiger partial charge in [-0.3, -0.25) is 4.79 Å². The summed E-state index contributed by atoms with van der Waals surface area (Å²) in [6, 6.07) is 9.66. The molecule has 6 N–H and O–H groups in total. The van der Waals surface area contributed by atoms with E-state index in [2.05, 4.69) is 0 Å². The standard InChI is InChI=1S/C27H34O12/c1-36-20-11-14(5-9-18(20)30)3-7-16(28)13-17(29)8-4-15-6-10-19(21(12-15)37-2)38-27-24(33)22(31)23(32)25(39-27)26(34)35/h5-6,9-12,16,22-25,27-28,30-33H,3-4,7-8,13H2,1-2H3,(H,34,35)/t16-,22+,23-,24+,25+,27-/m0/s1. The molecule has 0 aromatic heterocycles. The second-order valence-electron chi connectivity index (χ2n) is 9.28. The molecule has 0 unspecified atom stereocenters. The fourth-order valence-corrected chi connectivity index (χ4v) is 4.20. The van der Waals surface area contributed by atoms with Crippen molar-refractivity contribution in [3.8, 4) is 23.0 Å². The molecule has 1 fully saturated rings. The number of aromatic hydroxyl groups is 1. The Bertz CT molecular complexity index is 1140. The van der Waals surface area contributed by atoms with Crippen LogP contribution in [0.4, 0.5) is 0 Å². The minimum atomic E-state index is -1.84. The number of methoxy groups -OCH3 is 2. The van der Waals surface area contributed by atoms with Gasteiger partial charge in [-0.15, -0.1) is 0 Å². The molecule has 1 aliphatic rings. The largest absolute Gasteiger partial charge is 0.504 e. The van der Waals surface area contributed by atoms with Crippen molar-refractivity contribution in [1.82, 2.24) is 0 Å². The number of ketones is 1. The number of carboxylic acid groups (broad SMARTS) is 1. The molecule has 12 nitrogen and oxygen atoms in total. The average molecular weight is 551 g/mol. The molecule has 214 valence electrons. The van der Waals surface area contributed by atoms with Gasteiger partial charge >= 0.3 is 5.97 Å². The molecule has 0 saturated carbocycles. The van der Waals surface area contributed by atoms with Gasteiger partial charge in [0, 0.05) is 12.8 Å². The van der Waals surface area contributed by atoms with Gasteiger partial charge in [0.05, 0.1) is 20.3 Å². The number of rotatable bonds is 13. The van der Waals surface area contributed by atoms with Crippen LogP contribution < -0.4 is 14.2 Å². The van der Waals surface area contributed by atoms with E-state index in [0.717, 1.165) is 11.1 Å². The van der Waals surface area contributed by atoms with E-state index in [-0.39, 0.29) is 35.9 Å². The number of aliphatic hydroxyl groups excluding tert-OH is 4. The minimum absolute atomic E-state index is 0.0105. The smallest absolute Gasteiger partial charge is 0.335 e. The molecule has 0 aliphatic carbocycles. The maximum atomic E-state index is 12.4. The first kappa shape index (κ1) is 30.1. The highest BCUT2D eigenvalue weighted by molar-refractivity contribution is 5.79. The summed E-state index contributed by atoms with van der Waals surface area (Å²) in [5, 5.41) is 59.1. The molecule has 1 aliphatic heterocycles. The van der Waals surface area contributed by atoms with E-state index < -0.39 is 42.8 Å². The number of ether oxygens (including phenoxy) is 4. The lowest BCUT2D eigenvalue weighted by molar-refractivity contribution is -0.271. The quantitative estimate of drug-likeness (QED) is 0.203. The summed E-state index contributed by atoms with van der Waals surface area (Å²) < 4.78 is 21.1. The van der Waals surface area contributed by atoms with E-state index in [0.29, 0.717) is 25.0 Å². The van der Waals surface area contributed by atoms with Gasteiger partial charge in [0.25, 0.3) is 0 Å². The Morgan fingerprint density at radius 3 is 2.21 bits per heavy atom. The van der Waals surface area contributed by atoms with Crippen LogP contribution in [0.25, 0.3) is 0 Å². The molecule has 0 amide bonds. The van der Waals surface area contributed by atoms with Crippen molar-refractivity contribution in [1.29, 1.82) is 0 Å². The van der Waals surface area contributed by atoms with Crippen LogP contribution in [0.1, 0.15) is 30.4 Å². The first-order chi connectivity index (χ1) is 18.5. The number of benzene rings is 2. The van der Waals surface area contributed by atoms with Crippen LogP contribution in [0.5, 0.6) is 23.0 Å². The van der Waals surface area contributed by atoms with Gasteiger partial charge in [-0.2, -0.15) is 0 Å². The second-order valence-corrected chi connectivity index (χ2v) is 9.28. The van der Waals surface area contributed by atoms with E-state index in [9.17, 15) is 40.2 Å². The monoisotopic (exact) mass is 550 g/mol. The van der Waals surface area contributed by atoms with Gasteiger partial charge in [0.1, 0.15) is 24.1 Å². The number of carboxylic acids is 1. The first-order valence-electron chi connectivity index (χ1n) is 12.4. The Kier molecular flexibility index (Phi) is 10.5. The number of hydrogen-bond acceptors (Lipinski definition) is 11. The van der Waals surface area contributed by atoms with Gasteiger partial charge in [0.15, 0.2) is 29.1 Å². The van der Waals surface area contributed by atoms with E-state index >= 15 is 0 Å². The molecule has 12 heteroatoms. The number of phenolic OH excluding ortho intramolecular Hbond substituents is 1. The first-order valence-corrected chi connectivity index (χ1v) is 12.4. The van der Waals surface area contributed by atoms with Crippen LogP contribution in [0, 0.1) is 0 Å². The third-order valence-electron chi connectivity index (χ3n) is 6.45. The van der Waals surface area contributed by atoms with Crippen molar-refractivity contribution < 1.29 is 59.2 Å². The SMILES string of the molecule is COc1cc(CC[C@H](O)CC(=O)CCc2ccc(O[C@H]3O[C@@H](C(=O)O)[C@@H](O)[C@@H](O)[C@H]3O)c(OC)c2)ccc1O. The summed E-state index contributed by atoms with van der Waals surface area (Å²) in [5.41, 5.74) is 1.59. The van der Waals surface area contributed by atoms with Crippen LogP contribution in [0.15, 0.2) is 36.4 Å². The van der Waals surface area contributed by atoms with Gasteiger partial charge in [-0.05, 0) is 54.7 Å². The molecule has 0 spiro atoms. The Morgan fingerprint density at radius 2 is 1.54 bits per heavy atom. The maximum Gasteiger partial charge on any atom is 0.335 e. The molecule has 39 heavy (non-hydrogen) atoms. The number of aliphatic hydroxyl groups is 4. The van der Waals surface area contributed by atoms with Crippen LogP contribution in [0.2, 0.25) is 0 Å². The van der Waals surface area contributed by atoms with Crippen molar-refractivity contribution in [2.24, 2.45) is 0 Å². The van der Waals surface area contributed by atoms with E-state index in [1.807, 2.05) is 0 Å². The number of aryl methyl sites for hydroxylation is 2. The molecular formula is C27H34O12. The van der Waals surface area contributed by atoms with Crippen LogP contribution in [0.3, 0.4) is 0 Å².